The number of nitrogens with zero attached hydrogens (tertiary/aromatic N) is 3. The van der Waals surface area contributed by atoms with E-state index in [2.05, 4.69) is 45.5 Å². The molecule has 33 heavy (non-hydrogen) atoms. The van der Waals surface area contributed by atoms with Gasteiger partial charge in [-0.1, -0.05) is 36.4 Å². The Labute approximate surface area is 198 Å². The van der Waals surface area contributed by atoms with E-state index >= 15 is 0 Å². The van der Waals surface area contributed by atoms with Crippen molar-refractivity contribution in [3.8, 4) is 0 Å². The van der Waals surface area contributed by atoms with Crippen molar-refractivity contribution in [1.29, 1.82) is 0 Å². The number of benzene rings is 1. The Morgan fingerprint density at radius 1 is 1.21 bits per heavy atom. The second kappa shape index (κ2) is 9.93. The topological polar surface area (TPSA) is 65.5 Å². The average molecular weight is 461 g/mol. The minimum absolute atomic E-state index is 0.0110. The molecule has 3 aliphatic heterocycles. The Morgan fingerprint density at radius 3 is 2.97 bits per heavy atom. The number of anilines is 1. The zero-order valence-corrected chi connectivity index (χ0v) is 19.4. The first-order chi connectivity index (χ1) is 16.2. The van der Waals surface area contributed by atoms with Crippen molar-refractivity contribution < 1.29 is 9.59 Å². The molecule has 170 valence electrons. The second-order valence-corrected chi connectivity index (χ2v) is 9.79. The molecule has 2 amide bonds. The van der Waals surface area contributed by atoms with Crippen LogP contribution in [0.25, 0.3) is 11.6 Å². The van der Waals surface area contributed by atoms with Crippen LogP contribution in [0.1, 0.15) is 29.5 Å². The molecule has 1 saturated heterocycles. The SMILES string of the molecule is O=C1Nc2ncc(/C=C/C(=O)N3CC=C(c4ccccc4)CCC3)cc2CN2CCSCC12. The number of rotatable bonds is 3. The van der Waals surface area contributed by atoms with Crippen LogP contribution in [0.2, 0.25) is 0 Å². The molecule has 0 radical (unpaired) electrons. The van der Waals surface area contributed by atoms with Crippen LogP contribution in [0.15, 0.2) is 54.7 Å². The molecular weight excluding hydrogens is 432 g/mol. The van der Waals surface area contributed by atoms with Crippen LogP contribution in [0.5, 0.6) is 0 Å². The Bertz CT molecular complexity index is 1100. The van der Waals surface area contributed by atoms with Crippen molar-refractivity contribution in [2.75, 3.05) is 36.5 Å². The zero-order valence-electron chi connectivity index (χ0n) is 18.6. The lowest BCUT2D eigenvalue weighted by molar-refractivity contribution is -0.125. The number of allylic oxidation sites excluding steroid dienone is 1. The van der Waals surface area contributed by atoms with Crippen LogP contribution in [0, 0.1) is 0 Å². The third-order valence-corrected chi connectivity index (χ3v) is 7.47. The highest BCUT2D eigenvalue weighted by molar-refractivity contribution is 7.99. The maximum atomic E-state index is 12.9. The summed E-state index contributed by atoms with van der Waals surface area (Å²) in [6.07, 6.45) is 9.30. The van der Waals surface area contributed by atoms with Gasteiger partial charge >= 0.3 is 0 Å². The highest BCUT2D eigenvalue weighted by Crippen LogP contribution is 2.27. The monoisotopic (exact) mass is 460 g/mol. The van der Waals surface area contributed by atoms with E-state index in [1.165, 1.54) is 11.1 Å². The van der Waals surface area contributed by atoms with Crippen molar-refractivity contribution in [1.82, 2.24) is 14.8 Å². The fraction of sp³-hybridized carbons (Fsp3) is 0.346. The van der Waals surface area contributed by atoms with Gasteiger partial charge in [-0.25, -0.2) is 4.98 Å². The van der Waals surface area contributed by atoms with Gasteiger partial charge in [0.05, 0.1) is 6.04 Å². The molecule has 3 aliphatic rings. The fourth-order valence-electron chi connectivity index (χ4n) is 4.60. The number of hydrogen-bond donors (Lipinski definition) is 1. The van der Waals surface area contributed by atoms with Gasteiger partial charge in [0, 0.05) is 55.5 Å². The summed E-state index contributed by atoms with van der Waals surface area (Å²) in [7, 11) is 0. The summed E-state index contributed by atoms with van der Waals surface area (Å²) < 4.78 is 0. The van der Waals surface area contributed by atoms with E-state index in [0.29, 0.717) is 18.9 Å². The van der Waals surface area contributed by atoms with Gasteiger partial charge in [0.15, 0.2) is 0 Å². The van der Waals surface area contributed by atoms with Gasteiger partial charge in [-0.05, 0) is 41.7 Å². The van der Waals surface area contributed by atoms with Crippen LogP contribution in [-0.4, -0.2) is 63.8 Å². The number of hydrogen-bond acceptors (Lipinski definition) is 5. The van der Waals surface area contributed by atoms with Gasteiger partial charge in [-0.15, -0.1) is 0 Å². The zero-order chi connectivity index (χ0) is 22.6. The molecule has 1 aromatic carbocycles. The third kappa shape index (κ3) is 5.04. The molecule has 7 heteroatoms. The van der Waals surface area contributed by atoms with E-state index in [1.807, 2.05) is 34.9 Å². The molecule has 1 aromatic heterocycles. The van der Waals surface area contributed by atoms with E-state index in [0.717, 1.165) is 48.6 Å². The molecule has 0 aliphatic carbocycles. The predicted octanol–water partition coefficient (Wildman–Crippen LogP) is 3.67. The highest BCUT2D eigenvalue weighted by atomic mass is 32.2. The number of nitrogens with one attached hydrogen (secondary N) is 1. The van der Waals surface area contributed by atoms with Gasteiger partial charge in [0.25, 0.3) is 0 Å². The Hall–Kier alpha value is -2.90. The minimum atomic E-state index is -0.101. The Balaban J connectivity index is 1.27. The van der Waals surface area contributed by atoms with Crippen molar-refractivity contribution >= 4 is 41.0 Å². The fourth-order valence-corrected chi connectivity index (χ4v) is 5.72. The first-order valence-electron chi connectivity index (χ1n) is 11.5. The molecule has 1 N–H and O–H groups in total. The second-order valence-electron chi connectivity index (χ2n) is 8.64. The van der Waals surface area contributed by atoms with Crippen LogP contribution >= 0.6 is 11.8 Å². The smallest absolute Gasteiger partial charge is 0.246 e. The Morgan fingerprint density at radius 2 is 2.09 bits per heavy atom. The van der Waals surface area contributed by atoms with Crippen LogP contribution in [0.4, 0.5) is 5.82 Å². The summed E-state index contributed by atoms with van der Waals surface area (Å²) >= 11 is 1.82. The molecule has 1 unspecified atom stereocenters. The molecule has 0 bridgehead atoms. The third-order valence-electron chi connectivity index (χ3n) is 6.45. The largest absolute Gasteiger partial charge is 0.335 e. The predicted molar refractivity (Wildman–Crippen MR) is 134 cm³/mol. The molecule has 0 saturated carbocycles. The van der Waals surface area contributed by atoms with Crippen LogP contribution in [-0.2, 0) is 16.1 Å². The molecule has 6 nitrogen and oxygen atoms in total. The first-order valence-corrected chi connectivity index (χ1v) is 12.7. The summed E-state index contributed by atoms with van der Waals surface area (Å²) in [5.41, 5.74) is 4.41. The van der Waals surface area contributed by atoms with E-state index < -0.39 is 0 Å². The van der Waals surface area contributed by atoms with Crippen molar-refractivity contribution in [3.63, 3.8) is 0 Å². The van der Waals surface area contributed by atoms with E-state index in [4.69, 9.17) is 0 Å². The lowest BCUT2D eigenvalue weighted by Gasteiger charge is -2.31. The van der Waals surface area contributed by atoms with Gasteiger partial charge in [0.2, 0.25) is 11.8 Å². The molecule has 1 fully saturated rings. The molecule has 4 heterocycles. The number of fused-ring (bicyclic) bond motifs is 2. The number of carbonyl (C=O) groups excluding carboxylic acids is 2. The van der Waals surface area contributed by atoms with Crippen molar-refractivity contribution in [2.24, 2.45) is 0 Å². The summed E-state index contributed by atoms with van der Waals surface area (Å²) in [4.78, 5) is 34.0. The minimum Gasteiger partial charge on any atom is -0.335 e. The maximum Gasteiger partial charge on any atom is 0.246 e. The van der Waals surface area contributed by atoms with Gasteiger partial charge in [-0.3, -0.25) is 14.5 Å². The first kappa shape index (κ1) is 21.9. The van der Waals surface area contributed by atoms with Crippen LogP contribution < -0.4 is 5.32 Å². The lowest BCUT2D eigenvalue weighted by Crippen LogP contribution is -2.47. The number of amides is 2. The quantitative estimate of drug-likeness (QED) is 0.708. The number of pyridine rings is 1. The van der Waals surface area contributed by atoms with Gasteiger partial charge < -0.3 is 10.2 Å². The molecule has 2 aromatic rings. The maximum absolute atomic E-state index is 12.9. The van der Waals surface area contributed by atoms with Gasteiger partial charge in [0.1, 0.15) is 5.82 Å². The van der Waals surface area contributed by atoms with Crippen molar-refractivity contribution in [3.05, 3.63) is 71.4 Å². The van der Waals surface area contributed by atoms with Crippen molar-refractivity contribution in [2.45, 2.75) is 25.4 Å². The summed E-state index contributed by atoms with van der Waals surface area (Å²) in [5, 5.41) is 2.98. The number of thioether (sulfide) groups is 1. The summed E-state index contributed by atoms with van der Waals surface area (Å²) in [6, 6.07) is 12.3. The number of carbonyl (C=O) groups is 2. The summed E-state index contributed by atoms with van der Waals surface area (Å²) in [6.45, 7) is 2.96. The molecule has 1 atom stereocenters. The number of aromatic nitrogens is 1. The molecule has 0 spiro atoms. The van der Waals surface area contributed by atoms with E-state index in [1.54, 1.807) is 12.3 Å². The Kier molecular flexibility index (Phi) is 6.60. The molecular formula is C26H28N4O2S. The van der Waals surface area contributed by atoms with E-state index in [-0.39, 0.29) is 17.9 Å². The average Bonchev–Trinajstić information content (AvgIpc) is 3.18. The molecule has 5 rings (SSSR count). The van der Waals surface area contributed by atoms with Crippen LogP contribution in [0.3, 0.4) is 0 Å². The highest BCUT2D eigenvalue weighted by Gasteiger charge is 2.33. The normalized spacial score (nSPS) is 21.5. The lowest BCUT2D eigenvalue weighted by atomic mass is 10.0. The van der Waals surface area contributed by atoms with Gasteiger partial charge in [-0.2, -0.15) is 11.8 Å². The van der Waals surface area contributed by atoms with E-state index in [9.17, 15) is 9.59 Å². The standard InChI is InChI=1S/C26H28N4O2S/c31-24(29-11-4-7-21(10-12-29)20-5-2-1-3-6-20)9-8-19-15-22-17-30-13-14-33-18-23(30)26(32)28-25(22)27-16-19/h1-3,5-6,8-10,15-16,23H,4,7,11-14,17-18H2,(H,27,28,32)/b9-8+. The summed E-state index contributed by atoms with van der Waals surface area (Å²) in [5.74, 6) is 2.52.